The fourth-order valence-corrected chi connectivity index (χ4v) is 1.81. The smallest absolute Gasteiger partial charge is 0.267 e. The molecule has 3 heteroatoms. The molecule has 2 aromatic rings. The van der Waals surface area contributed by atoms with Crippen LogP contribution < -0.4 is 5.56 Å². The van der Waals surface area contributed by atoms with Crippen LogP contribution in [0.15, 0.2) is 35.1 Å². The van der Waals surface area contributed by atoms with E-state index in [0.717, 1.165) is 11.3 Å². The van der Waals surface area contributed by atoms with Crippen LogP contribution in [0.5, 0.6) is 0 Å². The van der Waals surface area contributed by atoms with Crippen molar-refractivity contribution in [2.45, 2.75) is 39.7 Å². The van der Waals surface area contributed by atoms with E-state index in [0.29, 0.717) is 6.54 Å². The number of hydrogen-bond acceptors (Lipinski definition) is 1. The lowest BCUT2D eigenvalue weighted by Crippen LogP contribution is -2.17. The van der Waals surface area contributed by atoms with Crippen molar-refractivity contribution in [3.63, 3.8) is 0 Å². The van der Waals surface area contributed by atoms with Crippen molar-refractivity contribution in [3.05, 3.63) is 57.5 Å². The fourth-order valence-electron chi connectivity index (χ4n) is 1.81. The highest BCUT2D eigenvalue weighted by Gasteiger charge is 2.17. The standard InChI is InChI=1S/C15H20N2O/c1-11-5-7-12(8-6-11)10-17-14(18)9-13(16-17)15(2,3)4/h5-9,16H,10H2,1-4H3. The first-order chi connectivity index (χ1) is 8.36. The number of aromatic amines is 1. The quantitative estimate of drug-likeness (QED) is 0.866. The molecule has 1 aromatic carbocycles. The van der Waals surface area contributed by atoms with E-state index in [1.54, 1.807) is 10.7 Å². The van der Waals surface area contributed by atoms with E-state index >= 15 is 0 Å². The van der Waals surface area contributed by atoms with Crippen LogP contribution in [0.25, 0.3) is 0 Å². The van der Waals surface area contributed by atoms with Crippen molar-refractivity contribution >= 4 is 0 Å². The summed E-state index contributed by atoms with van der Waals surface area (Å²) in [5.74, 6) is 0. The Balaban J connectivity index is 2.27. The van der Waals surface area contributed by atoms with E-state index in [4.69, 9.17) is 0 Å². The Hall–Kier alpha value is -1.77. The number of hydrogen-bond donors (Lipinski definition) is 1. The minimum Gasteiger partial charge on any atom is -0.299 e. The Kier molecular flexibility index (Phi) is 3.16. The molecule has 2 rings (SSSR count). The van der Waals surface area contributed by atoms with Gasteiger partial charge < -0.3 is 0 Å². The molecule has 0 fully saturated rings. The normalized spacial score (nSPS) is 11.8. The molecule has 1 heterocycles. The van der Waals surface area contributed by atoms with Crippen LogP contribution >= 0.6 is 0 Å². The average molecular weight is 244 g/mol. The second-order valence-electron chi connectivity index (χ2n) is 5.83. The Morgan fingerprint density at radius 3 is 2.28 bits per heavy atom. The summed E-state index contributed by atoms with van der Waals surface area (Å²) < 4.78 is 1.66. The zero-order valence-corrected chi connectivity index (χ0v) is 11.4. The molecule has 0 aliphatic rings. The van der Waals surface area contributed by atoms with E-state index in [2.05, 4.69) is 57.1 Å². The van der Waals surface area contributed by atoms with Gasteiger partial charge in [-0.05, 0) is 12.5 Å². The van der Waals surface area contributed by atoms with Gasteiger partial charge >= 0.3 is 0 Å². The van der Waals surface area contributed by atoms with E-state index in [1.807, 2.05) is 0 Å². The lowest BCUT2D eigenvalue weighted by molar-refractivity contribution is 0.543. The number of H-pyrrole nitrogens is 1. The van der Waals surface area contributed by atoms with Crippen molar-refractivity contribution < 1.29 is 0 Å². The maximum Gasteiger partial charge on any atom is 0.267 e. The van der Waals surface area contributed by atoms with Gasteiger partial charge in [-0.3, -0.25) is 9.89 Å². The Bertz CT molecular complexity index is 582. The Labute approximate surface area is 107 Å². The third kappa shape index (κ3) is 2.73. The molecule has 3 nitrogen and oxygen atoms in total. The summed E-state index contributed by atoms with van der Waals surface area (Å²) in [6.07, 6.45) is 0. The third-order valence-corrected chi connectivity index (χ3v) is 3.06. The van der Waals surface area contributed by atoms with Crippen molar-refractivity contribution in [2.75, 3.05) is 0 Å². The highest BCUT2D eigenvalue weighted by atomic mass is 16.1. The van der Waals surface area contributed by atoms with Crippen LogP contribution in [0.3, 0.4) is 0 Å². The fraction of sp³-hybridized carbons (Fsp3) is 0.400. The summed E-state index contributed by atoms with van der Waals surface area (Å²) in [5, 5.41) is 3.19. The molecule has 0 saturated heterocycles. The summed E-state index contributed by atoms with van der Waals surface area (Å²) >= 11 is 0. The van der Waals surface area contributed by atoms with Gasteiger partial charge in [0.05, 0.1) is 6.54 Å². The number of rotatable bonds is 2. The first kappa shape index (κ1) is 12.7. The van der Waals surface area contributed by atoms with Gasteiger partial charge in [0.2, 0.25) is 0 Å². The topological polar surface area (TPSA) is 37.8 Å². The number of nitrogens with one attached hydrogen (secondary N) is 1. The van der Waals surface area contributed by atoms with Crippen LogP contribution in [-0.2, 0) is 12.0 Å². The zero-order valence-electron chi connectivity index (χ0n) is 11.4. The van der Waals surface area contributed by atoms with E-state index in [-0.39, 0.29) is 11.0 Å². The molecule has 0 radical (unpaired) electrons. The molecule has 96 valence electrons. The van der Waals surface area contributed by atoms with E-state index in [1.165, 1.54) is 5.56 Å². The van der Waals surface area contributed by atoms with Gasteiger partial charge in [-0.2, -0.15) is 0 Å². The number of benzene rings is 1. The predicted octanol–water partition coefficient (Wildman–Crippen LogP) is 2.83. The average Bonchev–Trinajstić information content (AvgIpc) is 2.63. The molecule has 0 saturated carbocycles. The van der Waals surface area contributed by atoms with Crippen molar-refractivity contribution in [1.29, 1.82) is 0 Å². The second kappa shape index (κ2) is 4.48. The largest absolute Gasteiger partial charge is 0.299 e. The summed E-state index contributed by atoms with van der Waals surface area (Å²) in [4.78, 5) is 11.9. The highest BCUT2D eigenvalue weighted by molar-refractivity contribution is 5.21. The van der Waals surface area contributed by atoms with Gasteiger partial charge in [0.15, 0.2) is 0 Å². The Morgan fingerprint density at radius 1 is 1.17 bits per heavy atom. The van der Waals surface area contributed by atoms with Crippen molar-refractivity contribution in [3.8, 4) is 0 Å². The lowest BCUT2D eigenvalue weighted by atomic mass is 9.93. The van der Waals surface area contributed by atoms with Crippen LogP contribution in [0.4, 0.5) is 0 Å². The highest BCUT2D eigenvalue weighted by Crippen LogP contribution is 2.18. The van der Waals surface area contributed by atoms with Gasteiger partial charge in [0, 0.05) is 17.2 Å². The molecule has 0 bridgehead atoms. The summed E-state index contributed by atoms with van der Waals surface area (Å²) in [7, 11) is 0. The molecule has 1 N–H and O–H groups in total. The SMILES string of the molecule is Cc1ccc(Cn2[nH]c(C(C)(C)C)cc2=O)cc1. The Morgan fingerprint density at radius 2 is 1.78 bits per heavy atom. The first-order valence-electron chi connectivity index (χ1n) is 6.22. The second-order valence-corrected chi connectivity index (χ2v) is 5.83. The lowest BCUT2D eigenvalue weighted by Gasteiger charge is -2.15. The molecule has 0 atom stereocenters. The first-order valence-corrected chi connectivity index (χ1v) is 6.22. The van der Waals surface area contributed by atoms with Crippen molar-refractivity contribution in [1.82, 2.24) is 9.78 Å². The van der Waals surface area contributed by atoms with Crippen LogP contribution in [0.2, 0.25) is 0 Å². The molecule has 0 aliphatic heterocycles. The summed E-state index contributed by atoms with van der Waals surface area (Å²) in [6.45, 7) is 8.93. The molecule has 1 aromatic heterocycles. The molecule has 0 unspecified atom stereocenters. The molecular formula is C15H20N2O. The van der Waals surface area contributed by atoms with Crippen LogP contribution in [0, 0.1) is 6.92 Å². The minimum absolute atomic E-state index is 0.0282. The molecule has 0 spiro atoms. The van der Waals surface area contributed by atoms with Gasteiger partial charge in [0.1, 0.15) is 0 Å². The number of nitrogens with zero attached hydrogens (tertiary/aromatic N) is 1. The van der Waals surface area contributed by atoms with E-state index < -0.39 is 0 Å². The molecule has 18 heavy (non-hydrogen) atoms. The van der Waals surface area contributed by atoms with Gasteiger partial charge in [-0.1, -0.05) is 50.6 Å². The van der Waals surface area contributed by atoms with Gasteiger partial charge in [0.25, 0.3) is 5.56 Å². The third-order valence-electron chi connectivity index (χ3n) is 3.06. The minimum atomic E-state index is -0.0301. The molecule has 0 amide bonds. The zero-order chi connectivity index (χ0) is 13.3. The van der Waals surface area contributed by atoms with Gasteiger partial charge in [-0.15, -0.1) is 0 Å². The number of aromatic nitrogens is 2. The van der Waals surface area contributed by atoms with Crippen molar-refractivity contribution in [2.24, 2.45) is 0 Å². The van der Waals surface area contributed by atoms with Crippen LogP contribution in [0.1, 0.15) is 37.6 Å². The maximum atomic E-state index is 11.9. The van der Waals surface area contributed by atoms with Crippen LogP contribution in [-0.4, -0.2) is 9.78 Å². The number of aryl methyl sites for hydroxylation is 1. The maximum absolute atomic E-state index is 11.9. The molecule has 0 aliphatic carbocycles. The predicted molar refractivity (Wildman–Crippen MR) is 74.0 cm³/mol. The van der Waals surface area contributed by atoms with Gasteiger partial charge in [-0.25, -0.2) is 4.68 Å². The summed E-state index contributed by atoms with van der Waals surface area (Å²) in [6, 6.07) is 9.93. The van der Waals surface area contributed by atoms with E-state index in [9.17, 15) is 4.79 Å². The molecular weight excluding hydrogens is 224 g/mol. The monoisotopic (exact) mass is 244 g/mol. The summed E-state index contributed by atoms with van der Waals surface area (Å²) in [5.41, 5.74) is 3.33.